The average Bonchev–Trinajstić information content (AvgIpc) is 2.57. The fraction of sp³-hybridized carbons (Fsp3) is 0.235. The second kappa shape index (κ2) is 8.15. The lowest BCUT2D eigenvalue weighted by atomic mass is 10.0. The number of amides is 1. The van der Waals surface area contributed by atoms with E-state index < -0.39 is 29.6 Å². The minimum absolute atomic E-state index is 0.0828. The molecule has 0 radical (unpaired) electrons. The maximum absolute atomic E-state index is 13.6. The van der Waals surface area contributed by atoms with Crippen molar-refractivity contribution in [3.63, 3.8) is 0 Å². The summed E-state index contributed by atoms with van der Waals surface area (Å²) in [7, 11) is 1.38. The van der Waals surface area contributed by atoms with Crippen LogP contribution >= 0.6 is 15.9 Å². The van der Waals surface area contributed by atoms with Crippen LogP contribution in [0, 0.1) is 11.6 Å². The number of likely N-dealkylation sites (N-methyl/N-ethyl adjacent to an activating group) is 1. The van der Waals surface area contributed by atoms with Crippen LogP contribution in [0.3, 0.4) is 0 Å². The molecule has 25 heavy (non-hydrogen) atoms. The van der Waals surface area contributed by atoms with Crippen LogP contribution in [-0.2, 0) is 9.53 Å². The molecule has 132 valence electrons. The number of halogens is 3. The molecule has 0 aliphatic carbocycles. The zero-order chi connectivity index (χ0) is 18.6. The van der Waals surface area contributed by atoms with E-state index >= 15 is 0 Å². The number of benzene rings is 1. The van der Waals surface area contributed by atoms with E-state index in [1.54, 1.807) is 13.0 Å². The second-order valence-electron chi connectivity index (χ2n) is 5.14. The van der Waals surface area contributed by atoms with E-state index in [0.717, 1.165) is 17.0 Å². The van der Waals surface area contributed by atoms with E-state index in [4.69, 9.17) is 4.74 Å². The number of ether oxygens (including phenoxy) is 1. The summed E-state index contributed by atoms with van der Waals surface area (Å²) >= 11 is 3.22. The standard InChI is InChI=1S/C17H15BrF2N2O3/c1-3-25-17(24)15(10-4-5-13(19)14(20)7-10)22(2)16(23)11-6-12(18)9-21-8-11/h4-9,15H,3H2,1-2H3. The molecule has 1 heterocycles. The molecule has 5 nitrogen and oxygen atoms in total. The molecule has 1 atom stereocenters. The third-order valence-electron chi connectivity index (χ3n) is 3.43. The summed E-state index contributed by atoms with van der Waals surface area (Å²) in [6.07, 6.45) is 2.85. The molecule has 0 fully saturated rings. The Kier molecular flexibility index (Phi) is 6.19. The molecule has 1 aromatic carbocycles. The van der Waals surface area contributed by atoms with Crippen molar-refractivity contribution in [1.29, 1.82) is 0 Å². The normalized spacial score (nSPS) is 11.7. The maximum Gasteiger partial charge on any atom is 0.333 e. The molecule has 0 bridgehead atoms. The molecule has 0 N–H and O–H groups in total. The molecule has 1 amide bonds. The number of pyridine rings is 1. The summed E-state index contributed by atoms with van der Waals surface area (Å²) < 4.78 is 32.4. The van der Waals surface area contributed by atoms with Crippen LogP contribution in [0.2, 0.25) is 0 Å². The first-order valence-corrected chi connectivity index (χ1v) is 8.13. The zero-order valence-corrected chi connectivity index (χ0v) is 15.1. The number of hydrogen-bond acceptors (Lipinski definition) is 4. The highest BCUT2D eigenvalue weighted by Gasteiger charge is 2.31. The Balaban J connectivity index is 2.42. The van der Waals surface area contributed by atoms with Crippen molar-refractivity contribution in [3.8, 4) is 0 Å². The van der Waals surface area contributed by atoms with Crippen LogP contribution in [0.25, 0.3) is 0 Å². The van der Waals surface area contributed by atoms with Gasteiger partial charge in [-0.15, -0.1) is 0 Å². The van der Waals surface area contributed by atoms with Gasteiger partial charge in [-0.1, -0.05) is 6.07 Å². The number of hydrogen-bond donors (Lipinski definition) is 0. The largest absolute Gasteiger partial charge is 0.464 e. The minimum Gasteiger partial charge on any atom is -0.464 e. The van der Waals surface area contributed by atoms with Crippen molar-refractivity contribution < 1.29 is 23.1 Å². The van der Waals surface area contributed by atoms with Crippen molar-refractivity contribution in [3.05, 3.63) is 63.9 Å². The fourth-order valence-corrected chi connectivity index (χ4v) is 2.64. The van der Waals surface area contributed by atoms with Crippen LogP contribution in [-0.4, -0.2) is 35.4 Å². The smallest absolute Gasteiger partial charge is 0.333 e. The van der Waals surface area contributed by atoms with Crippen LogP contribution in [0.4, 0.5) is 8.78 Å². The average molecular weight is 413 g/mol. The van der Waals surface area contributed by atoms with Gasteiger partial charge in [0.25, 0.3) is 5.91 Å². The van der Waals surface area contributed by atoms with Crippen LogP contribution in [0.15, 0.2) is 41.1 Å². The topological polar surface area (TPSA) is 59.5 Å². The Hall–Kier alpha value is -2.35. The first kappa shape index (κ1) is 19.0. The second-order valence-corrected chi connectivity index (χ2v) is 6.05. The first-order valence-electron chi connectivity index (χ1n) is 7.34. The van der Waals surface area contributed by atoms with Gasteiger partial charge in [-0.05, 0) is 46.6 Å². The van der Waals surface area contributed by atoms with Crippen molar-refractivity contribution in [1.82, 2.24) is 9.88 Å². The minimum atomic E-state index is -1.22. The molecule has 2 rings (SSSR count). The number of carbonyl (C=O) groups is 2. The van der Waals surface area contributed by atoms with E-state index in [2.05, 4.69) is 20.9 Å². The van der Waals surface area contributed by atoms with Gasteiger partial charge in [0.2, 0.25) is 0 Å². The van der Waals surface area contributed by atoms with Crippen LogP contribution < -0.4 is 0 Å². The SMILES string of the molecule is CCOC(=O)C(c1ccc(F)c(F)c1)N(C)C(=O)c1cncc(Br)c1. The molecule has 0 spiro atoms. The van der Waals surface area contributed by atoms with Crippen LogP contribution in [0.1, 0.15) is 28.9 Å². The van der Waals surface area contributed by atoms with E-state index in [-0.39, 0.29) is 17.7 Å². The van der Waals surface area contributed by atoms with E-state index in [1.165, 1.54) is 25.5 Å². The highest BCUT2D eigenvalue weighted by atomic mass is 79.9. The lowest BCUT2D eigenvalue weighted by molar-refractivity contribution is -0.148. The van der Waals surface area contributed by atoms with Crippen LogP contribution in [0.5, 0.6) is 0 Å². The Morgan fingerprint density at radius 3 is 2.56 bits per heavy atom. The summed E-state index contributed by atoms with van der Waals surface area (Å²) in [5.74, 6) is -3.42. The Morgan fingerprint density at radius 1 is 1.24 bits per heavy atom. The summed E-state index contributed by atoms with van der Waals surface area (Å²) in [5.41, 5.74) is 0.338. The van der Waals surface area contributed by atoms with Gasteiger partial charge in [0, 0.05) is 23.9 Å². The molecule has 0 saturated carbocycles. The molecule has 0 aliphatic heterocycles. The number of rotatable bonds is 5. The summed E-state index contributed by atoms with van der Waals surface area (Å²) in [6.45, 7) is 1.69. The van der Waals surface area contributed by atoms with Gasteiger partial charge in [-0.3, -0.25) is 9.78 Å². The summed E-state index contributed by atoms with van der Waals surface area (Å²) in [5, 5.41) is 0. The van der Waals surface area contributed by atoms with E-state index in [9.17, 15) is 18.4 Å². The number of carbonyl (C=O) groups excluding carboxylic acids is 2. The van der Waals surface area contributed by atoms with E-state index in [0.29, 0.717) is 4.47 Å². The summed E-state index contributed by atoms with van der Waals surface area (Å²) in [4.78, 5) is 30.0. The van der Waals surface area contributed by atoms with Gasteiger partial charge in [-0.25, -0.2) is 13.6 Å². The van der Waals surface area contributed by atoms with Gasteiger partial charge in [0.1, 0.15) is 0 Å². The van der Waals surface area contributed by atoms with Crippen molar-refractivity contribution in [2.75, 3.05) is 13.7 Å². The monoisotopic (exact) mass is 412 g/mol. The molecule has 0 saturated heterocycles. The molecular formula is C17H15BrF2N2O3. The lowest BCUT2D eigenvalue weighted by Gasteiger charge is -2.27. The van der Waals surface area contributed by atoms with Crippen molar-refractivity contribution >= 4 is 27.8 Å². The van der Waals surface area contributed by atoms with Gasteiger partial charge in [0.15, 0.2) is 17.7 Å². The molecule has 1 aromatic heterocycles. The zero-order valence-electron chi connectivity index (χ0n) is 13.5. The highest BCUT2D eigenvalue weighted by molar-refractivity contribution is 9.10. The van der Waals surface area contributed by atoms with Gasteiger partial charge in [0.05, 0.1) is 12.2 Å². The Morgan fingerprint density at radius 2 is 1.96 bits per heavy atom. The number of esters is 1. The molecule has 0 aliphatic rings. The van der Waals surface area contributed by atoms with Crippen molar-refractivity contribution in [2.45, 2.75) is 13.0 Å². The third kappa shape index (κ3) is 4.39. The lowest BCUT2D eigenvalue weighted by Crippen LogP contribution is -2.37. The Labute approximate surface area is 151 Å². The number of nitrogens with zero attached hydrogens (tertiary/aromatic N) is 2. The fourth-order valence-electron chi connectivity index (χ4n) is 2.27. The molecular weight excluding hydrogens is 398 g/mol. The van der Waals surface area contributed by atoms with Gasteiger partial charge < -0.3 is 9.64 Å². The number of aromatic nitrogens is 1. The predicted octanol–water partition coefficient (Wildman–Crippen LogP) is 3.50. The maximum atomic E-state index is 13.6. The van der Waals surface area contributed by atoms with Crippen molar-refractivity contribution in [2.24, 2.45) is 0 Å². The van der Waals surface area contributed by atoms with E-state index in [1.807, 2.05) is 0 Å². The third-order valence-corrected chi connectivity index (χ3v) is 3.86. The molecule has 2 aromatic rings. The van der Waals surface area contributed by atoms with Gasteiger partial charge >= 0.3 is 5.97 Å². The Bertz CT molecular complexity index is 801. The predicted molar refractivity (Wildman–Crippen MR) is 89.8 cm³/mol. The summed E-state index contributed by atoms with van der Waals surface area (Å²) in [6, 6.07) is 3.33. The quantitative estimate of drug-likeness (QED) is 0.705. The molecule has 8 heteroatoms. The molecule has 1 unspecified atom stereocenters. The van der Waals surface area contributed by atoms with Gasteiger partial charge in [-0.2, -0.15) is 0 Å². The first-order chi connectivity index (χ1) is 11.8. The highest BCUT2D eigenvalue weighted by Crippen LogP contribution is 2.25.